The van der Waals surface area contributed by atoms with Crippen molar-refractivity contribution in [3.63, 3.8) is 0 Å². The number of amides is 1. The Hall–Kier alpha value is -2.80. The van der Waals surface area contributed by atoms with Crippen molar-refractivity contribution in [3.05, 3.63) is 53.6 Å². The first kappa shape index (κ1) is 18.0. The maximum absolute atomic E-state index is 12.4. The van der Waals surface area contributed by atoms with Gasteiger partial charge in [-0.05, 0) is 56.2 Å². The van der Waals surface area contributed by atoms with E-state index in [1.807, 2.05) is 38.1 Å². The second kappa shape index (κ2) is 7.61. The van der Waals surface area contributed by atoms with Gasteiger partial charge in [-0.1, -0.05) is 30.0 Å². The molecular formula is C19H20N4O2S. The average molecular weight is 368 g/mol. The highest BCUT2D eigenvalue weighted by atomic mass is 32.2. The highest BCUT2D eigenvalue weighted by Gasteiger charge is 2.18. The summed E-state index contributed by atoms with van der Waals surface area (Å²) in [5.41, 5.74) is 3.65. The van der Waals surface area contributed by atoms with Gasteiger partial charge in [-0.15, -0.1) is 5.10 Å². The molecule has 0 saturated heterocycles. The molecule has 0 aliphatic heterocycles. The number of carbonyl (C=O) groups is 1. The topological polar surface area (TPSA) is 90.9 Å². The smallest absolute Gasteiger partial charge is 0.237 e. The number of benzene rings is 2. The summed E-state index contributed by atoms with van der Waals surface area (Å²) in [7, 11) is 0. The van der Waals surface area contributed by atoms with Crippen LogP contribution in [0.2, 0.25) is 0 Å². The van der Waals surface area contributed by atoms with Gasteiger partial charge in [-0.3, -0.25) is 9.89 Å². The molecule has 0 aliphatic carbocycles. The Bertz CT molecular complexity index is 939. The van der Waals surface area contributed by atoms with Gasteiger partial charge in [0.05, 0.1) is 10.8 Å². The third-order valence-electron chi connectivity index (χ3n) is 4.05. The zero-order valence-corrected chi connectivity index (χ0v) is 15.6. The number of para-hydroxylation sites is 1. The molecule has 1 atom stereocenters. The molecule has 0 bridgehead atoms. The molecule has 3 aromatic rings. The van der Waals surface area contributed by atoms with Crippen LogP contribution in [0.4, 0.5) is 5.69 Å². The number of nitrogens with zero attached hydrogens (tertiary/aromatic N) is 2. The minimum atomic E-state index is -0.371. The molecular weight excluding hydrogens is 348 g/mol. The van der Waals surface area contributed by atoms with Gasteiger partial charge in [0.2, 0.25) is 11.1 Å². The van der Waals surface area contributed by atoms with E-state index in [1.54, 1.807) is 25.1 Å². The first-order valence-electron chi connectivity index (χ1n) is 8.19. The van der Waals surface area contributed by atoms with Gasteiger partial charge >= 0.3 is 0 Å². The van der Waals surface area contributed by atoms with Gasteiger partial charge in [-0.2, -0.15) is 0 Å². The Morgan fingerprint density at radius 1 is 1.19 bits per heavy atom. The van der Waals surface area contributed by atoms with Gasteiger partial charge in [0.1, 0.15) is 5.75 Å². The molecule has 0 radical (unpaired) electrons. The first-order valence-corrected chi connectivity index (χ1v) is 9.07. The van der Waals surface area contributed by atoms with Crippen LogP contribution < -0.4 is 5.32 Å². The summed E-state index contributed by atoms with van der Waals surface area (Å²) in [6, 6.07) is 12.7. The SMILES string of the molecule is Cc1ccc(NC(=O)C(C)Sc2n[nH]c(-c3ccccc3O)n2)cc1C. The molecule has 2 aromatic carbocycles. The van der Waals surface area contributed by atoms with Crippen molar-refractivity contribution in [2.75, 3.05) is 5.32 Å². The van der Waals surface area contributed by atoms with E-state index in [2.05, 4.69) is 20.5 Å². The number of aromatic nitrogens is 3. The fourth-order valence-corrected chi connectivity index (χ4v) is 3.09. The summed E-state index contributed by atoms with van der Waals surface area (Å²) in [5.74, 6) is 0.472. The van der Waals surface area contributed by atoms with Gasteiger partial charge in [0, 0.05) is 5.69 Å². The van der Waals surface area contributed by atoms with Crippen LogP contribution in [0.5, 0.6) is 5.75 Å². The molecule has 7 heteroatoms. The third kappa shape index (κ3) is 4.05. The van der Waals surface area contributed by atoms with Gasteiger partial charge in [0.15, 0.2) is 5.82 Å². The lowest BCUT2D eigenvalue weighted by Crippen LogP contribution is -2.22. The summed E-state index contributed by atoms with van der Waals surface area (Å²) in [6.45, 7) is 5.85. The summed E-state index contributed by atoms with van der Waals surface area (Å²) >= 11 is 1.25. The molecule has 0 saturated carbocycles. The van der Waals surface area contributed by atoms with E-state index in [1.165, 1.54) is 17.3 Å². The predicted octanol–water partition coefficient (Wildman–Crippen LogP) is 3.91. The zero-order valence-electron chi connectivity index (χ0n) is 14.8. The van der Waals surface area contributed by atoms with Crippen molar-refractivity contribution < 1.29 is 9.90 Å². The lowest BCUT2D eigenvalue weighted by atomic mass is 10.1. The fraction of sp³-hybridized carbons (Fsp3) is 0.211. The van der Waals surface area contributed by atoms with Crippen LogP contribution in [-0.2, 0) is 4.79 Å². The number of thioether (sulfide) groups is 1. The summed E-state index contributed by atoms with van der Waals surface area (Å²) < 4.78 is 0. The number of phenols is 1. The predicted molar refractivity (Wildman–Crippen MR) is 103 cm³/mol. The number of aromatic amines is 1. The van der Waals surface area contributed by atoms with Crippen molar-refractivity contribution in [2.45, 2.75) is 31.2 Å². The van der Waals surface area contributed by atoms with Crippen molar-refractivity contribution in [2.24, 2.45) is 0 Å². The van der Waals surface area contributed by atoms with Crippen LogP contribution >= 0.6 is 11.8 Å². The number of aromatic hydroxyl groups is 1. The fourth-order valence-electron chi connectivity index (χ4n) is 2.37. The summed E-state index contributed by atoms with van der Waals surface area (Å²) in [6.07, 6.45) is 0. The van der Waals surface area contributed by atoms with Crippen LogP contribution in [0.25, 0.3) is 11.4 Å². The van der Waals surface area contributed by atoms with Crippen LogP contribution in [0.1, 0.15) is 18.1 Å². The zero-order chi connectivity index (χ0) is 18.7. The second-order valence-corrected chi connectivity index (χ2v) is 7.34. The molecule has 134 valence electrons. The lowest BCUT2D eigenvalue weighted by Gasteiger charge is -2.11. The van der Waals surface area contributed by atoms with Crippen LogP contribution in [0.3, 0.4) is 0 Å². The molecule has 1 aromatic heterocycles. The largest absolute Gasteiger partial charge is 0.507 e. The molecule has 3 rings (SSSR count). The van der Waals surface area contributed by atoms with Crippen molar-refractivity contribution in [1.82, 2.24) is 15.2 Å². The van der Waals surface area contributed by atoms with Crippen molar-refractivity contribution in [1.29, 1.82) is 0 Å². The number of H-pyrrole nitrogens is 1. The van der Waals surface area contributed by atoms with E-state index < -0.39 is 0 Å². The number of hydrogen-bond donors (Lipinski definition) is 3. The minimum Gasteiger partial charge on any atom is -0.507 e. The second-order valence-electron chi connectivity index (χ2n) is 6.03. The normalized spacial score (nSPS) is 12.0. The van der Waals surface area contributed by atoms with E-state index in [-0.39, 0.29) is 16.9 Å². The molecule has 6 nitrogen and oxygen atoms in total. The number of hydrogen-bond acceptors (Lipinski definition) is 5. The summed E-state index contributed by atoms with van der Waals surface area (Å²) in [4.78, 5) is 16.8. The molecule has 1 unspecified atom stereocenters. The Kier molecular flexibility index (Phi) is 5.27. The highest BCUT2D eigenvalue weighted by Crippen LogP contribution is 2.28. The Labute approximate surface area is 156 Å². The average Bonchev–Trinajstić information content (AvgIpc) is 3.06. The number of nitrogens with one attached hydrogen (secondary N) is 2. The van der Waals surface area contributed by atoms with E-state index in [0.717, 1.165) is 11.3 Å². The molecule has 3 N–H and O–H groups in total. The minimum absolute atomic E-state index is 0.118. The van der Waals surface area contributed by atoms with Gasteiger partial charge in [0.25, 0.3) is 0 Å². The van der Waals surface area contributed by atoms with Crippen LogP contribution in [0.15, 0.2) is 47.6 Å². The number of carbonyl (C=O) groups excluding carboxylic acids is 1. The summed E-state index contributed by atoms with van der Waals surface area (Å²) in [5, 5.41) is 19.8. The third-order valence-corrected chi connectivity index (χ3v) is 5.01. The van der Waals surface area contributed by atoms with E-state index in [9.17, 15) is 9.90 Å². The standard InChI is InChI=1S/C19H20N4O2S/c1-11-8-9-14(10-12(11)2)20-18(25)13(3)26-19-21-17(22-23-19)15-6-4-5-7-16(15)24/h4-10,13,24H,1-3H3,(H,20,25)(H,21,22,23). The maximum atomic E-state index is 12.4. The van der Waals surface area contributed by atoms with Gasteiger partial charge < -0.3 is 10.4 Å². The van der Waals surface area contributed by atoms with Crippen LogP contribution in [0, 0.1) is 13.8 Å². The first-order chi connectivity index (χ1) is 12.4. The number of anilines is 1. The molecule has 0 fully saturated rings. The lowest BCUT2D eigenvalue weighted by molar-refractivity contribution is -0.115. The quantitative estimate of drug-likeness (QED) is 0.594. The Balaban J connectivity index is 1.66. The molecule has 0 spiro atoms. The van der Waals surface area contributed by atoms with E-state index in [0.29, 0.717) is 16.5 Å². The van der Waals surface area contributed by atoms with Gasteiger partial charge in [-0.25, -0.2) is 4.98 Å². The maximum Gasteiger partial charge on any atom is 0.237 e. The Morgan fingerprint density at radius 3 is 2.69 bits per heavy atom. The van der Waals surface area contributed by atoms with Crippen LogP contribution in [-0.4, -0.2) is 31.4 Å². The highest BCUT2D eigenvalue weighted by molar-refractivity contribution is 8.00. The number of aryl methyl sites for hydroxylation is 2. The van der Waals surface area contributed by atoms with E-state index >= 15 is 0 Å². The molecule has 26 heavy (non-hydrogen) atoms. The molecule has 0 aliphatic rings. The van der Waals surface area contributed by atoms with Crippen molar-refractivity contribution in [3.8, 4) is 17.1 Å². The van der Waals surface area contributed by atoms with E-state index in [4.69, 9.17) is 0 Å². The monoisotopic (exact) mass is 368 g/mol. The number of rotatable bonds is 5. The van der Waals surface area contributed by atoms with Crippen molar-refractivity contribution >= 4 is 23.4 Å². The Morgan fingerprint density at radius 2 is 1.96 bits per heavy atom. The number of phenolic OH excluding ortho intramolecular Hbond substituents is 1. The molecule has 1 amide bonds. The molecule has 1 heterocycles.